The number of benzene rings is 1. The average Bonchev–Trinajstić information content (AvgIpc) is 3.28. The summed E-state index contributed by atoms with van der Waals surface area (Å²) in [5, 5.41) is 5.16. The van der Waals surface area contributed by atoms with Gasteiger partial charge in [-0.3, -0.25) is 9.59 Å². The third-order valence-electron chi connectivity index (χ3n) is 6.10. The maximum Gasteiger partial charge on any atom is 0.254 e. The summed E-state index contributed by atoms with van der Waals surface area (Å²) in [5.41, 5.74) is 1.47. The number of likely N-dealkylation sites (N-methyl/N-ethyl adjacent to an activating group) is 1. The first-order chi connectivity index (χ1) is 14.2. The third-order valence-corrected chi connectivity index (χ3v) is 7.04. The summed E-state index contributed by atoms with van der Waals surface area (Å²) < 4.78 is 0. The van der Waals surface area contributed by atoms with E-state index in [4.69, 9.17) is 0 Å². The summed E-state index contributed by atoms with van der Waals surface area (Å²) in [6, 6.07) is 11.3. The van der Waals surface area contributed by atoms with Crippen molar-refractivity contribution in [1.29, 1.82) is 0 Å². The van der Waals surface area contributed by atoms with Crippen LogP contribution in [-0.2, 0) is 4.79 Å². The number of amides is 2. The number of carbonyl (C=O) groups excluding carboxylic acids is 2. The quantitative estimate of drug-likeness (QED) is 0.738. The van der Waals surface area contributed by atoms with Gasteiger partial charge in [-0.15, -0.1) is 11.3 Å². The van der Waals surface area contributed by atoms with Crippen molar-refractivity contribution in [1.82, 2.24) is 15.1 Å². The number of nitrogens with zero attached hydrogens (tertiary/aromatic N) is 2. The number of carbonyl (C=O) groups is 2. The van der Waals surface area contributed by atoms with Crippen LogP contribution < -0.4 is 5.32 Å². The fourth-order valence-electron chi connectivity index (χ4n) is 4.58. The first-order valence-electron chi connectivity index (χ1n) is 10.6. The molecule has 1 fully saturated rings. The smallest absolute Gasteiger partial charge is 0.254 e. The second-order valence-corrected chi connectivity index (χ2v) is 8.97. The Hall–Kier alpha value is -2.18. The number of hydrogen-bond acceptors (Lipinski definition) is 4. The molecule has 4 rings (SSSR count). The Kier molecular flexibility index (Phi) is 6.31. The summed E-state index contributed by atoms with van der Waals surface area (Å²) in [6.07, 6.45) is 4.87. The summed E-state index contributed by atoms with van der Waals surface area (Å²) in [4.78, 5) is 31.5. The number of thiophene rings is 1. The molecule has 1 aromatic heterocycles. The van der Waals surface area contributed by atoms with Crippen LogP contribution in [0.2, 0.25) is 0 Å². The number of hydrogen-bond donors (Lipinski definition) is 1. The molecule has 154 valence electrons. The molecule has 0 radical (unpaired) electrons. The lowest BCUT2D eigenvalue weighted by Gasteiger charge is -2.39. The molecular formula is C23H29N3O2S. The summed E-state index contributed by atoms with van der Waals surface area (Å²) >= 11 is 1.60. The van der Waals surface area contributed by atoms with Crippen LogP contribution in [0.15, 0.2) is 41.8 Å². The fourth-order valence-corrected chi connectivity index (χ4v) is 5.48. The highest BCUT2D eigenvalue weighted by Gasteiger charge is 2.42. The molecule has 1 saturated heterocycles. The standard InChI is InChI=1S/C23H29N3O2S/c1-25-21(19-11-7-16-29-19)20(17-9-3-4-10-18(17)23(25)28)22(27)24-12-8-15-26-13-5-2-6-14-26/h3-4,7,9-11,16,20-21H,2,5-6,8,12-15H2,1H3,(H,24,27)/t20-,21+/m1/s1. The minimum atomic E-state index is -0.387. The first kappa shape index (κ1) is 20.1. The highest BCUT2D eigenvalue weighted by molar-refractivity contribution is 7.10. The van der Waals surface area contributed by atoms with Crippen molar-refractivity contribution in [3.05, 3.63) is 57.8 Å². The van der Waals surface area contributed by atoms with E-state index < -0.39 is 0 Å². The molecule has 0 spiro atoms. The van der Waals surface area contributed by atoms with E-state index in [0.717, 1.165) is 23.4 Å². The Morgan fingerprint density at radius 3 is 2.69 bits per heavy atom. The molecule has 3 heterocycles. The molecule has 1 N–H and O–H groups in total. The lowest BCUT2D eigenvalue weighted by Crippen LogP contribution is -2.45. The van der Waals surface area contributed by atoms with E-state index in [2.05, 4.69) is 10.2 Å². The monoisotopic (exact) mass is 411 g/mol. The van der Waals surface area contributed by atoms with Crippen LogP contribution in [0.4, 0.5) is 0 Å². The molecule has 2 aliphatic heterocycles. The van der Waals surface area contributed by atoms with E-state index in [1.165, 1.54) is 32.4 Å². The van der Waals surface area contributed by atoms with Crippen LogP contribution in [0.3, 0.4) is 0 Å². The van der Waals surface area contributed by atoms with Gasteiger partial charge in [-0.05, 0) is 62.0 Å². The maximum atomic E-state index is 13.3. The molecule has 2 amide bonds. The van der Waals surface area contributed by atoms with Crippen molar-refractivity contribution in [3.63, 3.8) is 0 Å². The molecule has 0 aliphatic carbocycles. The van der Waals surface area contributed by atoms with Crippen LogP contribution in [0, 0.1) is 0 Å². The van der Waals surface area contributed by atoms with Gasteiger partial charge in [-0.25, -0.2) is 0 Å². The van der Waals surface area contributed by atoms with Crippen LogP contribution in [0.25, 0.3) is 0 Å². The Bertz CT molecular complexity index is 846. The van der Waals surface area contributed by atoms with Crippen LogP contribution in [0.1, 0.15) is 58.4 Å². The zero-order chi connectivity index (χ0) is 20.2. The Morgan fingerprint density at radius 1 is 1.14 bits per heavy atom. The van der Waals surface area contributed by atoms with E-state index in [1.807, 2.05) is 41.8 Å². The number of likely N-dealkylation sites (tertiary alicyclic amines) is 1. The van der Waals surface area contributed by atoms with Gasteiger partial charge in [0.05, 0.1) is 12.0 Å². The zero-order valence-corrected chi connectivity index (χ0v) is 17.8. The van der Waals surface area contributed by atoms with E-state index >= 15 is 0 Å². The third kappa shape index (κ3) is 4.23. The number of fused-ring (bicyclic) bond motifs is 1. The van der Waals surface area contributed by atoms with Gasteiger partial charge < -0.3 is 15.1 Å². The maximum absolute atomic E-state index is 13.3. The minimum Gasteiger partial charge on any atom is -0.355 e. The van der Waals surface area contributed by atoms with Crippen molar-refractivity contribution in [2.75, 3.05) is 33.2 Å². The number of rotatable bonds is 6. The van der Waals surface area contributed by atoms with Crippen molar-refractivity contribution in [3.8, 4) is 0 Å². The molecule has 0 saturated carbocycles. The lowest BCUT2D eigenvalue weighted by atomic mass is 9.81. The molecular weight excluding hydrogens is 382 g/mol. The summed E-state index contributed by atoms with van der Waals surface area (Å²) in [7, 11) is 1.80. The van der Waals surface area contributed by atoms with Gasteiger partial charge in [-0.1, -0.05) is 30.7 Å². The first-order valence-corrected chi connectivity index (χ1v) is 11.4. The molecule has 2 aromatic rings. The van der Waals surface area contributed by atoms with Crippen LogP contribution in [0.5, 0.6) is 0 Å². The van der Waals surface area contributed by atoms with Crippen LogP contribution in [-0.4, -0.2) is 54.8 Å². The molecule has 5 nitrogen and oxygen atoms in total. The van der Waals surface area contributed by atoms with Gasteiger partial charge in [-0.2, -0.15) is 0 Å². The van der Waals surface area contributed by atoms with Gasteiger partial charge in [0, 0.05) is 24.0 Å². The van der Waals surface area contributed by atoms with Gasteiger partial charge in [0.25, 0.3) is 5.91 Å². The topological polar surface area (TPSA) is 52.7 Å². The largest absolute Gasteiger partial charge is 0.355 e. The Morgan fingerprint density at radius 2 is 1.93 bits per heavy atom. The summed E-state index contributed by atoms with van der Waals surface area (Å²) in [6.45, 7) is 4.06. The number of piperidine rings is 1. The predicted octanol–water partition coefficient (Wildman–Crippen LogP) is 3.65. The van der Waals surface area contributed by atoms with E-state index in [0.29, 0.717) is 12.1 Å². The van der Waals surface area contributed by atoms with Crippen LogP contribution >= 0.6 is 11.3 Å². The molecule has 0 unspecified atom stereocenters. The summed E-state index contributed by atoms with van der Waals surface area (Å²) in [5.74, 6) is -0.399. The molecule has 0 bridgehead atoms. The Balaban J connectivity index is 1.49. The molecule has 2 atom stereocenters. The second kappa shape index (κ2) is 9.09. The predicted molar refractivity (Wildman–Crippen MR) is 116 cm³/mol. The van der Waals surface area contributed by atoms with E-state index in [1.54, 1.807) is 23.3 Å². The van der Waals surface area contributed by atoms with E-state index in [-0.39, 0.29) is 23.8 Å². The normalized spacial score (nSPS) is 22.4. The van der Waals surface area contributed by atoms with Gasteiger partial charge in [0.2, 0.25) is 5.91 Å². The van der Waals surface area contributed by atoms with Gasteiger partial charge >= 0.3 is 0 Å². The molecule has 6 heteroatoms. The zero-order valence-electron chi connectivity index (χ0n) is 17.0. The van der Waals surface area contributed by atoms with Gasteiger partial charge in [0.1, 0.15) is 0 Å². The van der Waals surface area contributed by atoms with Gasteiger partial charge in [0.15, 0.2) is 0 Å². The van der Waals surface area contributed by atoms with Crippen molar-refractivity contribution < 1.29 is 9.59 Å². The second-order valence-electron chi connectivity index (χ2n) is 7.99. The molecule has 1 aromatic carbocycles. The Labute approximate surface area is 176 Å². The molecule has 2 aliphatic rings. The number of nitrogens with one attached hydrogen (secondary N) is 1. The average molecular weight is 412 g/mol. The molecule has 29 heavy (non-hydrogen) atoms. The highest BCUT2D eigenvalue weighted by Crippen LogP contribution is 2.43. The SMILES string of the molecule is CN1C(=O)c2ccccc2[C@@H](C(=O)NCCCN2CCCCC2)[C@@H]1c1cccs1. The van der Waals surface area contributed by atoms with Crippen molar-refractivity contribution >= 4 is 23.2 Å². The van der Waals surface area contributed by atoms with Crippen molar-refractivity contribution in [2.24, 2.45) is 0 Å². The highest BCUT2D eigenvalue weighted by atomic mass is 32.1. The fraction of sp³-hybridized carbons (Fsp3) is 0.478. The minimum absolute atomic E-state index is 0.00819. The lowest BCUT2D eigenvalue weighted by molar-refractivity contribution is -0.124. The van der Waals surface area contributed by atoms with Crippen molar-refractivity contribution in [2.45, 2.75) is 37.6 Å². The van der Waals surface area contributed by atoms with E-state index in [9.17, 15) is 9.59 Å².